The van der Waals surface area contributed by atoms with E-state index in [9.17, 15) is 9.59 Å². The van der Waals surface area contributed by atoms with Crippen LogP contribution in [-0.2, 0) is 11.3 Å². The molecule has 1 N–H and O–H groups in total. The minimum Gasteiger partial charge on any atom is -0.325 e. The van der Waals surface area contributed by atoms with Gasteiger partial charge in [-0.05, 0) is 55.3 Å². The largest absolute Gasteiger partial charge is 0.325 e. The molecule has 1 aromatic heterocycles. The maximum absolute atomic E-state index is 12.5. The van der Waals surface area contributed by atoms with Crippen LogP contribution in [0.3, 0.4) is 0 Å². The molecule has 0 saturated heterocycles. The molecule has 0 aliphatic carbocycles. The van der Waals surface area contributed by atoms with E-state index in [2.05, 4.69) is 26.2 Å². The monoisotopic (exact) mass is 385 g/mol. The Kier molecular flexibility index (Phi) is 4.49. The first-order valence-electron chi connectivity index (χ1n) is 7.45. The Hall–Kier alpha value is -2.47. The van der Waals surface area contributed by atoms with Gasteiger partial charge in [0.2, 0.25) is 5.91 Å². The zero-order chi connectivity index (χ0) is 17.3. The van der Waals surface area contributed by atoms with Gasteiger partial charge < -0.3 is 5.32 Å². The molecule has 3 aromatic rings. The lowest BCUT2D eigenvalue weighted by Crippen LogP contribution is -2.28. The van der Waals surface area contributed by atoms with E-state index in [1.807, 2.05) is 38.1 Å². The molecule has 2 aromatic carbocycles. The summed E-state index contributed by atoms with van der Waals surface area (Å²) in [6.07, 6.45) is 1.40. The molecule has 0 fully saturated rings. The van der Waals surface area contributed by atoms with Gasteiger partial charge in [-0.1, -0.05) is 22.0 Å². The maximum Gasteiger partial charge on any atom is 0.261 e. The first-order valence-corrected chi connectivity index (χ1v) is 8.24. The first kappa shape index (κ1) is 16.4. The van der Waals surface area contributed by atoms with Gasteiger partial charge in [-0.25, -0.2) is 4.98 Å². The highest BCUT2D eigenvalue weighted by Crippen LogP contribution is 2.15. The average Bonchev–Trinajstić information content (AvgIpc) is 2.49. The number of fused-ring (bicyclic) bond motifs is 1. The van der Waals surface area contributed by atoms with E-state index >= 15 is 0 Å². The van der Waals surface area contributed by atoms with Crippen LogP contribution in [0.5, 0.6) is 0 Å². The molecule has 0 atom stereocenters. The molecule has 1 amide bonds. The van der Waals surface area contributed by atoms with Crippen molar-refractivity contribution in [1.29, 1.82) is 0 Å². The number of nitrogens with zero attached hydrogens (tertiary/aromatic N) is 2. The minimum absolute atomic E-state index is 0.0821. The van der Waals surface area contributed by atoms with Gasteiger partial charge in [0.25, 0.3) is 5.56 Å². The van der Waals surface area contributed by atoms with Crippen LogP contribution in [0.1, 0.15) is 11.1 Å². The Morgan fingerprint density at radius 3 is 2.58 bits per heavy atom. The Labute approximate surface area is 147 Å². The van der Waals surface area contributed by atoms with Crippen molar-refractivity contribution in [2.75, 3.05) is 5.32 Å². The quantitative estimate of drug-likeness (QED) is 0.751. The van der Waals surface area contributed by atoms with Gasteiger partial charge in [-0.15, -0.1) is 0 Å². The number of rotatable bonds is 3. The number of aromatic nitrogens is 2. The maximum atomic E-state index is 12.5. The Morgan fingerprint density at radius 2 is 1.88 bits per heavy atom. The number of benzene rings is 2. The molecular weight excluding hydrogens is 370 g/mol. The van der Waals surface area contributed by atoms with E-state index in [0.717, 1.165) is 21.3 Å². The van der Waals surface area contributed by atoms with Crippen LogP contribution < -0.4 is 10.9 Å². The summed E-state index contributed by atoms with van der Waals surface area (Å²) in [7, 11) is 0. The number of anilines is 1. The lowest BCUT2D eigenvalue weighted by molar-refractivity contribution is -0.116. The molecule has 5 nitrogen and oxygen atoms in total. The van der Waals surface area contributed by atoms with Crippen LogP contribution in [0.25, 0.3) is 10.9 Å². The molecule has 122 valence electrons. The molecule has 0 bridgehead atoms. The highest BCUT2D eigenvalue weighted by Gasteiger charge is 2.09. The van der Waals surface area contributed by atoms with Gasteiger partial charge in [0, 0.05) is 10.2 Å². The van der Waals surface area contributed by atoms with Crippen molar-refractivity contribution in [3.8, 4) is 0 Å². The molecule has 24 heavy (non-hydrogen) atoms. The average molecular weight is 386 g/mol. The van der Waals surface area contributed by atoms with Gasteiger partial charge in [0.15, 0.2) is 0 Å². The molecule has 0 unspecified atom stereocenters. The van der Waals surface area contributed by atoms with Crippen molar-refractivity contribution in [1.82, 2.24) is 9.55 Å². The van der Waals surface area contributed by atoms with Crippen molar-refractivity contribution in [3.63, 3.8) is 0 Å². The van der Waals surface area contributed by atoms with Crippen LogP contribution in [-0.4, -0.2) is 15.5 Å². The van der Waals surface area contributed by atoms with Gasteiger partial charge in [0.1, 0.15) is 6.54 Å². The standard InChI is InChI=1S/C18H16BrN3O2/c1-11-5-12(2)7-14(6-11)21-17(23)9-22-10-20-16-4-3-13(19)8-15(16)18(22)24/h3-8,10H,9H2,1-2H3,(H,21,23). The number of hydrogen-bond donors (Lipinski definition) is 1. The molecule has 0 radical (unpaired) electrons. The second-order valence-electron chi connectivity index (χ2n) is 5.76. The molecular formula is C18H16BrN3O2. The Bertz CT molecular complexity index is 975. The topological polar surface area (TPSA) is 64.0 Å². The summed E-state index contributed by atoms with van der Waals surface area (Å²) < 4.78 is 2.11. The fourth-order valence-electron chi connectivity index (χ4n) is 2.65. The lowest BCUT2D eigenvalue weighted by Gasteiger charge is -2.09. The van der Waals surface area contributed by atoms with Crippen molar-refractivity contribution in [2.45, 2.75) is 20.4 Å². The summed E-state index contributed by atoms with van der Waals surface area (Å²) in [5.74, 6) is -0.266. The lowest BCUT2D eigenvalue weighted by atomic mass is 10.1. The number of carbonyl (C=O) groups excluding carboxylic acids is 1. The zero-order valence-electron chi connectivity index (χ0n) is 13.3. The summed E-state index contributed by atoms with van der Waals surface area (Å²) in [5, 5.41) is 3.30. The predicted octanol–water partition coefficient (Wildman–Crippen LogP) is 3.41. The Morgan fingerprint density at radius 1 is 1.17 bits per heavy atom. The van der Waals surface area contributed by atoms with E-state index in [1.54, 1.807) is 12.1 Å². The van der Waals surface area contributed by atoms with Crippen LogP contribution >= 0.6 is 15.9 Å². The van der Waals surface area contributed by atoms with Crippen molar-refractivity contribution in [2.24, 2.45) is 0 Å². The van der Waals surface area contributed by atoms with E-state index in [1.165, 1.54) is 10.9 Å². The molecule has 0 aliphatic rings. The number of aryl methyl sites for hydroxylation is 2. The third-order valence-electron chi connectivity index (χ3n) is 3.61. The second-order valence-corrected chi connectivity index (χ2v) is 6.68. The first-order chi connectivity index (χ1) is 11.4. The molecule has 1 heterocycles. The number of halogens is 1. The third kappa shape index (κ3) is 3.54. The summed E-state index contributed by atoms with van der Waals surface area (Å²) in [4.78, 5) is 29.0. The van der Waals surface area contributed by atoms with Gasteiger partial charge in [-0.3, -0.25) is 14.2 Å². The second kappa shape index (κ2) is 6.57. The van der Waals surface area contributed by atoms with Crippen molar-refractivity contribution in [3.05, 3.63) is 68.7 Å². The smallest absolute Gasteiger partial charge is 0.261 e. The summed E-state index contributed by atoms with van der Waals surface area (Å²) in [6.45, 7) is 3.86. The van der Waals surface area contributed by atoms with Crippen LogP contribution in [0.4, 0.5) is 5.69 Å². The number of hydrogen-bond acceptors (Lipinski definition) is 3. The van der Waals surface area contributed by atoms with E-state index < -0.39 is 0 Å². The SMILES string of the molecule is Cc1cc(C)cc(NC(=O)Cn2cnc3ccc(Br)cc3c2=O)c1. The fraction of sp³-hybridized carbons (Fsp3) is 0.167. The van der Waals surface area contributed by atoms with Crippen LogP contribution in [0.15, 0.2) is 52.0 Å². The van der Waals surface area contributed by atoms with E-state index in [0.29, 0.717) is 10.9 Å². The van der Waals surface area contributed by atoms with Gasteiger partial charge in [-0.2, -0.15) is 0 Å². The van der Waals surface area contributed by atoms with Gasteiger partial charge in [0.05, 0.1) is 17.2 Å². The molecule has 0 saturated carbocycles. The number of carbonyl (C=O) groups is 1. The molecule has 3 rings (SSSR count). The fourth-order valence-corrected chi connectivity index (χ4v) is 3.01. The van der Waals surface area contributed by atoms with E-state index in [-0.39, 0.29) is 18.0 Å². The predicted molar refractivity (Wildman–Crippen MR) is 98.2 cm³/mol. The molecule has 6 heteroatoms. The molecule has 0 spiro atoms. The summed E-state index contributed by atoms with van der Waals surface area (Å²) >= 11 is 3.34. The van der Waals surface area contributed by atoms with Crippen molar-refractivity contribution >= 4 is 38.4 Å². The minimum atomic E-state index is -0.266. The summed E-state index contributed by atoms with van der Waals surface area (Å²) in [5.41, 5.74) is 3.23. The number of nitrogens with one attached hydrogen (secondary N) is 1. The van der Waals surface area contributed by atoms with Gasteiger partial charge >= 0.3 is 0 Å². The normalized spacial score (nSPS) is 10.8. The zero-order valence-corrected chi connectivity index (χ0v) is 14.9. The highest BCUT2D eigenvalue weighted by atomic mass is 79.9. The third-order valence-corrected chi connectivity index (χ3v) is 4.10. The molecule has 0 aliphatic heterocycles. The van der Waals surface area contributed by atoms with E-state index in [4.69, 9.17) is 0 Å². The Balaban J connectivity index is 1.85. The number of amides is 1. The summed E-state index contributed by atoms with van der Waals surface area (Å²) in [6, 6.07) is 11.1. The van der Waals surface area contributed by atoms with Crippen molar-refractivity contribution < 1.29 is 4.79 Å². The van der Waals surface area contributed by atoms with Crippen LogP contribution in [0.2, 0.25) is 0 Å². The van der Waals surface area contributed by atoms with Crippen LogP contribution in [0, 0.1) is 13.8 Å². The highest BCUT2D eigenvalue weighted by molar-refractivity contribution is 9.10.